The standard InChI is InChI=1S/C12H8F2O/c13-8-5-6-12(15)10(7-8)9-3-1-2-4-11(9)14/h1-7,15H. The van der Waals surface area contributed by atoms with E-state index in [2.05, 4.69) is 0 Å². The monoisotopic (exact) mass is 206 g/mol. The van der Waals surface area contributed by atoms with Crippen LogP contribution in [0.25, 0.3) is 11.1 Å². The van der Waals surface area contributed by atoms with Crippen molar-refractivity contribution in [3.63, 3.8) is 0 Å². The number of rotatable bonds is 1. The van der Waals surface area contributed by atoms with E-state index in [9.17, 15) is 13.9 Å². The van der Waals surface area contributed by atoms with E-state index in [1.54, 1.807) is 6.07 Å². The van der Waals surface area contributed by atoms with E-state index in [0.29, 0.717) is 0 Å². The van der Waals surface area contributed by atoms with Gasteiger partial charge in [-0.05, 0) is 24.3 Å². The minimum Gasteiger partial charge on any atom is -0.507 e. The van der Waals surface area contributed by atoms with Gasteiger partial charge in [-0.25, -0.2) is 8.78 Å². The predicted molar refractivity (Wildman–Crippen MR) is 53.5 cm³/mol. The molecule has 76 valence electrons. The first-order chi connectivity index (χ1) is 7.18. The summed E-state index contributed by atoms with van der Waals surface area (Å²) in [5, 5.41) is 9.48. The van der Waals surface area contributed by atoms with Crippen LogP contribution in [-0.4, -0.2) is 5.11 Å². The SMILES string of the molecule is Oc1ccc(F)cc1-c1ccccc1F. The van der Waals surface area contributed by atoms with Crippen LogP contribution in [0, 0.1) is 11.6 Å². The first kappa shape index (κ1) is 9.65. The van der Waals surface area contributed by atoms with Gasteiger partial charge in [0.15, 0.2) is 0 Å². The molecule has 2 aromatic carbocycles. The van der Waals surface area contributed by atoms with E-state index in [4.69, 9.17) is 0 Å². The van der Waals surface area contributed by atoms with Gasteiger partial charge < -0.3 is 5.11 Å². The topological polar surface area (TPSA) is 20.2 Å². The van der Waals surface area contributed by atoms with E-state index in [-0.39, 0.29) is 16.9 Å². The van der Waals surface area contributed by atoms with Gasteiger partial charge in [-0.2, -0.15) is 0 Å². The van der Waals surface area contributed by atoms with Crippen LogP contribution in [0.15, 0.2) is 42.5 Å². The number of benzene rings is 2. The van der Waals surface area contributed by atoms with Crippen molar-refractivity contribution in [3.05, 3.63) is 54.1 Å². The summed E-state index contributed by atoms with van der Waals surface area (Å²) in [4.78, 5) is 0. The van der Waals surface area contributed by atoms with Gasteiger partial charge in [-0.3, -0.25) is 0 Å². The lowest BCUT2D eigenvalue weighted by molar-refractivity contribution is 0.474. The van der Waals surface area contributed by atoms with Crippen molar-refractivity contribution in [1.82, 2.24) is 0 Å². The van der Waals surface area contributed by atoms with Crippen LogP contribution in [0.2, 0.25) is 0 Å². The van der Waals surface area contributed by atoms with E-state index < -0.39 is 11.6 Å². The average Bonchev–Trinajstić information content (AvgIpc) is 2.23. The van der Waals surface area contributed by atoms with Crippen molar-refractivity contribution < 1.29 is 13.9 Å². The van der Waals surface area contributed by atoms with Crippen LogP contribution in [-0.2, 0) is 0 Å². The molecular weight excluding hydrogens is 198 g/mol. The normalized spacial score (nSPS) is 10.3. The van der Waals surface area contributed by atoms with Crippen LogP contribution < -0.4 is 0 Å². The molecule has 0 heterocycles. The van der Waals surface area contributed by atoms with Crippen molar-refractivity contribution in [2.75, 3.05) is 0 Å². The zero-order chi connectivity index (χ0) is 10.8. The Kier molecular flexibility index (Phi) is 2.37. The van der Waals surface area contributed by atoms with Gasteiger partial charge in [0.1, 0.15) is 17.4 Å². The average molecular weight is 206 g/mol. The van der Waals surface area contributed by atoms with Crippen molar-refractivity contribution in [2.45, 2.75) is 0 Å². The molecule has 0 amide bonds. The zero-order valence-electron chi connectivity index (χ0n) is 7.74. The van der Waals surface area contributed by atoms with Gasteiger partial charge >= 0.3 is 0 Å². The molecule has 2 rings (SSSR count). The molecule has 1 N–H and O–H groups in total. The van der Waals surface area contributed by atoms with Crippen molar-refractivity contribution >= 4 is 0 Å². The second kappa shape index (κ2) is 3.69. The second-order valence-corrected chi connectivity index (χ2v) is 3.14. The third kappa shape index (κ3) is 1.81. The number of hydrogen-bond acceptors (Lipinski definition) is 1. The maximum absolute atomic E-state index is 13.4. The number of hydrogen-bond donors (Lipinski definition) is 1. The molecule has 0 aromatic heterocycles. The summed E-state index contributed by atoms with van der Waals surface area (Å²) in [5.74, 6) is -1.13. The summed E-state index contributed by atoms with van der Waals surface area (Å²) < 4.78 is 26.3. The molecule has 0 aliphatic heterocycles. The lowest BCUT2D eigenvalue weighted by Crippen LogP contribution is -1.85. The zero-order valence-corrected chi connectivity index (χ0v) is 7.74. The maximum Gasteiger partial charge on any atom is 0.131 e. The molecule has 0 spiro atoms. The van der Waals surface area contributed by atoms with Crippen molar-refractivity contribution in [3.8, 4) is 16.9 Å². The molecule has 0 atom stereocenters. The molecule has 0 saturated carbocycles. The Hall–Kier alpha value is -1.90. The third-order valence-corrected chi connectivity index (χ3v) is 2.12. The molecule has 0 radical (unpaired) electrons. The molecule has 15 heavy (non-hydrogen) atoms. The van der Waals surface area contributed by atoms with E-state index in [1.807, 2.05) is 0 Å². The number of phenolic OH excluding ortho intramolecular Hbond substituents is 1. The van der Waals surface area contributed by atoms with E-state index in [0.717, 1.165) is 12.1 Å². The summed E-state index contributed by atoms with van der Waals surface area (Å²) in [6.07, 6.45) is 0. The smallest absolute Gasteiger partial charge is 0.131 e. The van der Waals surface area contributed by atoms with Crippen LogP contribution in [0.3, 0.4) is 0 Å². The Balaban J connectivity index is 2.64. The van der Waals surface area contributed by atoms with Gasteiger partial charge in [0, 0.05) is 11.1 Å². The highest BCUT2D eigenvalue weighted by atomic mass is 19.1. The second-order valence-electron chi connectivity index (χ2n) is 3.14. The Labute approximate surface area is 85.6 Å². The predicted octanol–water partition coefficient (Wildman–Crippen LogP) is 3.34. The Morgan fingerprint density at radius 3 is 2.33 bits per heavy atom. The van der Waals surface area contributed by atoms with Crippen LogP contribution >= 0.6 is 0 Å². The molecule has 0 aliphatic carbocycles. The van der Waals surface area contributed by atoms with Crippen LogP contribution in [0.4, 0.5) is 8.78 Å². The molecule has 0 bridgehead atoms. The van der Waals surface area contributed by atoms with Gasteiger partial charge in [0.05, 0.1) is 0 Å². The highest BCUT2D eigenvalue weighted by Crippen LogP contribution is 2.31. The summed E-state index contributed by atoms with van der Waals surface area (Å²) in [6, 6.07) is 9.35. The van der Waals surface area contributed by atoms with Crippen molar-refractivity contribution in [1.29, 1.82) is 0 Å². The molecule has 0 aliphatic rings. The molecule has 0 unspecified atom stereocenters. The fourth-order valence-corrected chi connectivity index (χ4v) is 1.40. The fraction of sp³-hybridized carbons (Fsp3) is 0. The molecule has 0 fully saturated rings. The summed E-state index contributed by atoms with van der Waals surface area (Å²) in [5.41, 5.74) is 0.350. The molecule has 2 aromatic rings. The Morgan fingerprint density at radius 2 is 1.60 bits per heavy atom. The van der Waals surface area contributed by atoms with E-state index >= 15 is 0 Å². The fourth-order valence-electron chi connectivity index (χ4n) is 1.40. The maximum atomic E-state index is 13.4. The summed E-state index contributed by atoms with van der Waals surface area (Å²) in [6.45, 7) is 0. The van der Waals surface area contributed by atoms with Gasteiger partial charge in [0.25, 0.3) is 0 Å². The third-order valence-electron chi connectivity index (χ3n) is 2.12. The highest BCUT2D eigenvalue weighted by Gasteiger charge is 2.09. The Bertz CT molecular complexity index is 495. The van der Waals surface area contributed by atoms with Gasteiger partial charge in [0.2, 0.25) is 0 Å². The van der Waals surface area contributed by atoms with Crippen LogP contribution in [0.5, 0.6) is 5.75 Å². The number of phenols is 1. The number of aromatic hydroxyl groups is 1. The summed E-state index contributed by atoms with van der Waals surface area (Å²) >= 11 is 0. The van der Waals surface area contributed by atoms with Gasteiger partial charge in [-0.15, -0.1) is 0 Å². The quantitative estimate of drug-likeness (QED) is 0.758. The first-order valence-corrected chi connectivity index (χ1v) is 4.42. The van der Waals surface area contributed by atoms with Crippen LogP contribution in [0.1, 0.15) is 0 Å². The number of halogens is 2. The molecule has 3 heteroatoms. The molecule has 0 saturated heterocycles. The molecular formula is C12H8F2O. The lowest BCUT2D eigenvalue weighted by atomic mass is 10.0. The van der Waals surface area contributed by atoms with Gasteiger partial charge in [-0.1, -0.05) is 18.2 Å². The minimum absolute atomic E-state index is 0.137. The summed E-state index contributed by atoms with van der Waals surface area (Å²) in [7, 11) is 0. The Morgan fingerprint density at radius 1 is 0.867 bits per heavy atom. The first-order valence-electron chi connectivity index (χ1n) is 4.42. The largest absolute Gasteiger partial charge is 0.507 e. The lowest BCUT2D eigenvalue weighted by Gasteiger charge is -2.05. The van der Waals surface area contributed by atoms with E-state index in [1.165, 1.54) is 24.3 Å². The minimum atomic E-state index is -0.508. The highest BCUT2D eigenvalue weighted by molar-refractivity contribution is 5.70. The van der Waals surface area contributed by atoms with Crippen molar-refractivity contribution in [2.24, 2.45) is 0 Å². The molecule has 1 nitrogen and oxygen atoms in total.